The SMILES string of the molecule is CCCNCCNC(=O)c1ccc(F)c2ccccc12. The van der Waals surface area contributed by atoms with Crippen LogP contribution in [0.3, 0.4) is 0 Å². The van der Waals surface area contributed by atoms with E-state index in [9.17, 15) is 9.18 Å². The fraction of sp³-hybridized carbons (Fsp3) is 0.312. The topological polar surface area (TPSA) is 41.1 Å². The van der Waals surface area contributed by atoms with Gasteiger partial charge in [0.05, 0.1) is 0 Å². The van der Waals surface area contributed by atoms with Crippen molar-refractivity contribution in [2.24, 2.45) is 0 Å². The molecule has 0 aliphatic carbocycles. The largest absolute Gasteiger partial charge is 0.351 e. The van der Waals surface area contributed by atoms with Crippen LogP contribution in [0.2, 0.25) is 0 Å². The standard InChI is InChI=1S/C16H19FN2O/c1-2-9-18-10-11-19-16(20)14-7-8-15(17)13-6-4-3-5-12(13)14/h3-8,18H,2,9-11H2,1H3,(H,19,20). The summed E-state index contributed by atoms with van der Waals surface area (Å²) in [5.41, 5.74) is 0.512. The molecule has 106 valence electrons. The third kappa shape index (κ3) is 3.33. The van der Waals surface area contributed by atoms with Crippen molar-refractivity contribution in [1.82, 2.24) is 10.6 Å². The highest BCUT2D eigenvalue weighted by molar-refractivity contribution is 6.07. The lowest BCUT2D eigenvalue weighted by atomic mass is 10.0. The number of rotatable bonds is 6. The molecule has 0 unspecified atom stereocenters. The molecule has 0 fully saturated rings. The van der Waals surface area contributed by atoms with Crippen LogP contribution in [0.4, 0.5) is 4.39 Å². The van der Waals surface area contributed by atoms with Crippen LogP contribution in [0, 0.1) is 5.82 Å². The van der Waals surface area contributed by atoms with Crippen molar-refractivity contribution < 1.29 is 9.18 Å². The zero-order valence-electron chi connectivity index (χ0n) is 11.6. The van der Waals surface area contributed by atoms with Gasteiger partial charge in [-0.15, -0.1) is 0 Å². The Morgan fingerprint density at radius 3 is 2.55 bits per heavy atom. The van der Waals surface area contributed by atoms with E-state index in [1.807, 2.05) is 0 Å². The highest BCUT2D eigenvalue weighted by Crippen LogP contribution is 2.21. The number of amides is 1. The van der Waals surface area contributed by atoms with Gasteiger partial charge in [-0.2, -0.15) is 0 Å². The first-order valence-corrected chi connectivity index (χ1v) is 6.90. The minimum Gasteiger partial charge on any atom is -0.351 e. The van der Waals surface area contributed by atoms with Gasteiger partial charge in [0.2, 0.25) is 0 Å². The zero-order chi connectivity index (χ0) is 14.4. The summed E-state index contributed by atoms with van der Waals surface area (Å²) in [6.07, 6.45) is 1.07. The van der Waals surface area contributed by atoms with Gasteiger partial charge in [-0.25, -0.2) is 4.39 Å². The Labute approximate surface area is 118 Å². The number of hydrogen-bond acceptors (Lipinski definition) is 2. The van der Waals surface area contributed by atoms with Crippen LogP contribution in [0.5, 0.6) is 0 Å². The third-order valence-corrected chi connectivity index (χ3v) is 3.13. The average Bonchev–Trinajstić information content (AvgIpc) is 2.47. The first kappa shape index (κ1) is 14.5. The smallest absolute Gasteiger partial charge is 0.251 e. The van der Waals surface area contributed by atoms with E-state index in [2.05, 4.69) is 17.6 Å². The van der Waals surface area contributed by atoms with Crippen LogP contribution in [0.1, 0.15) is 23.7 Å². The number of nitrogens with one attached hydrogen (secondary N) is 2. The van der Waals surface area contributed by atoms with Gasteiger partial charge in [-0.1, -0.05) is 31.2 Å². The molecule has 0 aromatic heterocycles. The molecule has 0 aliphatic rings. The van der Waals surface area contributed by atoms with Crippen LogP contribution in [-0.4, -0.2) is 25.5 Å². The molecule has 20 heavy (non-hydrogen) atoms. The van der Waals surface area contributed by atoms with Gasteiger partial charge in [-0.3, -0.25) is 4.79 Å². The van der Waals surface area contributed by atoms with Crippen LogP contribution in [0.25, 0.3) is 10.8 Å². The number of fused-ring (bicyclic) bond motifs is 1. The first-order valence-electron chi connectivity index (χ1n) is 6.90. The minimum absolute atomic E-state index is 0.167. The monoisotopic (exact) mass is 274 g/mol. The van der Waals surface area contributed by atoms with E-state index in [1.54, 1.807) is 24.3 Å². The van der Waals surface area contributed by atoms with Gasteiger partial charge in [-0.05, 0) is 30.5 Å². The van der Waals surface area contributed by atoms with Gasteiger partial charge in [0.15, 0.2) is 0 Å². The van der Waals surface area contributed by atoms with Crippen molar-refractivity contribution in [2.75, 3.05) is 19.6 Å². The Kier molecular flexibility index (Phi) is 5.07. The van der Waals surface area contributed by atoms with E-state index in [0.717, 1.165) is 19.5 Å². The summed E-state index contributed by atoms with van der Waals surface area (Å²) in [5.74, 6) is -0.471. The normalized spacial score (nSPS) is 10.7. The maximum absolute atomic E-state index is 13.7. The molecule has 2 aromatic carbocycles. The summed E-state index contributed by atoms with van der Waals surface area (Å²) in [6, 6.07) is 9.90. The molecular weight excluding hydrogens is 255 g/mol. The van der Waals surface area contributed by atoms with Gasteiger partial charge in [0, 0.05) is 24.0 Å². The van der Waals surface area contributed by atoms with Crippen molar-refractivity contribution in [1.29, 1.82) is 0 Å². The number of benzene rings is 2. The second-order valence-corrected chi connectivity index (χ2v) is 4.65. The summed E-state index contributed by atoms with van der Waals surface area (Å²) < 4.78 is 13.7. The van der Waals surface area contributed by atoms with Crippen molar-refractivity contribution in [2.45, 2.75) is 13.3 Å². The van der Waals surface area contributed by atoms with E-state index < -0.39 is 0 Å². The molecule has 0 radical (unpaired) electrons. The molecule has 0 heterocycles. The fourth-order valence-electron chi connectivity index (χ4n) is 2.12. The molecule has 0 bridgehead atoms. The molecule has 4 heteroatoms. The maximum Gasteiger partial charge on any atom is 0.251 e. The van der Waals surface area contributed by atoms with Crippen LogP contribution >= 0.6 is 0 Å². The molecule has 0 atom stereocenters. The number of carbonyl (C=O) groups is 1. The summed E-state index contributed by atoms with van der Waals surface area (Å²) in [4.78, 5) is 12.1. The van der Waals surface area contributed by atoms with Gasteiger partial charge in [0.1, 0.15) is 5.82 Å². The quantitative estimate of drug-likeness (QED) is 0.795. The molecule has 2 rings (SSSR count). The molecule has 1 amide bonds. The summed E-state index contributed by atoms with van der Waals surface area (Å²) >= 11 is 0. The molecule has 0 spiro atoms. The van der Waals surface area contributed by atoms with Crippen LogP contribution in [0.15, 0.2) is 36.4 Å². The van der Waals surface area contributed by atoms with Crippen molar-refractivity contribution >= 4 is 16.7 Å². The van der Waals surface area contributed by atoms with E-state index in [0.29, 0.717) is 22.9 Å². The average molecular weight is 274 g/mol. The predicted octanol–water partition coefficient (Wildman–Crippen LogP) is 2.71. The van der Waals surface area contributed by atoms with E-state index in [1.165, 1.54) is 12.1 Å². The highest BCUT2D eigenvalue weighted by atomic mass is 19.1. The number of carbonyl (C=O) groups excluding carboxylic acids is 1. The van der Waals surface area contributed by atoms with Gasteiger partial charge in [0.25, 0.3) is 5.91 Å². The van der Waals surface area contributed by atoms with Crippen LogP contribution in [-0.2, 0) is 0 Å². The van der Waals surface area contributed by atoms with E-state index in [4.69, 9.17) is 0 Å². The van der Waals surface area contributed by atoms with E-state index >= 15 is 0 Å². The van der Waals surface area contributed by atoms with Crippen molar-refractivity contribution in [3.05, 3.63) is 47.8 Å². The number of hydrogen-bond donors (Lipinski definition) is 2. The highest BCUT2D eigenvalue weighted by Gasteiger charge is 2.11. The third-order valence-electron chi connectivity index (χ3n) is 3.13. The lowest BCUT2D eigenvalue weighted by Gasteiger charge is -2.09. The molecule has 3 nitrogen and oxygen atoms in total. The Hall–Kier alpha value is -1.94. The molecular formula is C16H19FN2O. The van der Waals surface area contributed by atoms with Crippen molar-refractivity contribution in [3.63, 3.8) is 0 Å². The first-order chi connectivity index (χ1) is 9.74. The fourth-order valence-corrected chi connectivity index (χ4v) is 2.12. The Morgan fingerprint density at radius 1 is 1.05 bits per heavy atom. The molecule has 0 saturated carbocycles. The van der Waals surface area contributed by atoms with Crippen LogP contribution < -0.4 is 10.6 Å². The maximum atomic E-state index is 13.7. The lowest BCUT2D eigenvalue weighted by Crippen LogP contribution is -2.32. The molecule has 0 saturated heterocycles. The molecule has 2 N–H and O–H groups in total. The summed E-state index contributed by atoms with van der Waals surface area (Å²) in [5, 5.41) is 7.18. The Balaban J connectivity index is 2.09. The second kappa shape index (κ2) is 7.01. The van der Waals surface area contributed by atoms with E-state index in [-0.39, 0.29) is 11.7 Å². The molecule has 0 aliphatic heterocycles. The molecule has 2 aromatic rings. The van der Waals surface area contributed by atoms with Gasteiger partial charge < -0.3 is 10.6 Å². The Bertz CT molecular complexity index is 598. The summed E-state index contributed by atoms with van der Waals surface area (Å²) in [6.45, 7) is 4.33. The van der Waals surface area contributed by atoms with Crippen molar-refractivity contribution in [3.8, 4) is 0 Å². The minimum atomic E-state index is -0.304. The second-order valence-electron chi connectivity index (χ2n) is 4.65. The zero-order valence-corrected chi connectivity index (χ0v) is 11.6. The number of halogens is 1. The summed E-state index contributed by atoms with van der Waals surface area (Å²) in [7, 11) is 0. The Morgan fingerprint density at radius 2 is 1.80 bits per heavy atom. The lowest BCUT2D eigenvalue weighted by molar-refractivity contribution is 0.0955. The van der Waals surface area contributed by atoms with Gasteiger partial charge >= 0.3 is 0 Å². The predicted molar refractivity (Wildman–Crippen MR) is 79.4 cm³/mol.